The summed E-state index contributed by atoms with van der Waals surface area (Å²) in [5, 5.41) is 12.2. The van der Waals surface area contributed by atoms with E-state index in [1.54, 1.807) is 12.1 Å². The lowest BCUT2D eigenvalue weighted by molar-refractivity contribution is 0.102. The molecular weight excluding hydrogens is 321 g/mol. The van der Waals surface area contributed by atoms with Gasteiger partial charge in [-0.05, 0) is 34.1 Å². The average molecular weight is 329 g/mol. The second-order valence-electron chi connectivity index (χ2n) is 3.35. The van der Waals surface area contributed by atoms with Gasteiger partial charge in [-0.25, -0.2) is 4.98 Å². The molecule has 1 heterocycles. The zero-order valence-electron chi connectivity index (χ0n) is 8.89. The highest BCUT2D eigenvalue weighted by Crippen LogP contribution is 2.24. The number of benzene rings is 1. The molecule has 1 aromatic heterocycles. The molecule has 0 spiro atoms. The second-order valence-corrected chi connectivity index (χ2v) is 4.59. The number of anilines is 1. The molecule has 0 radical (unpaired) electrons. The molecule has 1 aromatic carbocycles. The van der Waals surface area contributed by atoms with Crippen molar-refractivity contribution in [2.45, 2.75) is 0 Å². The molecule has 0 aliphatic carbocycles. The Morgan fingerprint density at radius 1 is 1.39 bits per heavy atom. The summed E-state index contributed by atoms with van der Waals surface area (Å²) in [7, 11) is 0. The zero-order chi connectivity index (χ0) is 13.1. The molecule has 0 aliphatic rings. The van der Waals surface area contributed by atoms with Crippen LogP contribution >= 0.6 is 27.5 Å². The van der Waals surface area contributed by atoms with E-state index >= 15 is 0 Å². The highest BCUT2D eigenvalue weighted by Gasteiger charge is 2.09. The Balaban J connectivity index is 2.19. The fraction of sp³-hybridized carbons (Fsp3) is 0. The van der Waals surface area contributed by atoms with Crippen LogP contribution in [0.4, 0.5) is 5.82 Å². The molecule has 7 heteroatoms. The van der Waals surface area contributed by atoms with Crippen LogP contribution in [-0.4, -0.2) is 21.0 Å². The Morgan fingerprint density at radius 2 is 2.17 bits per heavy atom. The molecule has 0 fully saturated rings. The van der Waals surface area contributed by atoms with Crippen LogP contribution in [0.5, 0.6) is 5.75 Å². The van der Waals surface area contributed by atoms with E-state index in [2.05, 4.69) is 31.2 Å². The number of hydrogen-bond acceptors (Lipinski definition) is 4. The van der Waals surface area contributed by atoms with Crippen LogP contribution in [0.2, 0.25) is 5.15 Å². The van der Waals surface area contributed by atoms with Crippen molar-refractivity contribution in [2.75, 3.05) is 5.32 Å². The number of rotatable bonds is 2. The number of carbonyl (C=O) groups excluding carboxylic acids is 1. The predicted octanol–water partition coefficient (Wildman–Crippen LogP) is 2.85. The smallest absolute Gasteiger partial charge is 0.256 e. The predicted molar refractivity (Wildman–Crippen MR) is 70.8 cm³/mol. The fourth-order valence-electron chi connectivity index (χ4n) is 1.24. The van der Waals surface area contributed by atoms with E-state index in [1.807, 2.05) is 0 Å². The van der Waals surface area contributed by atoms with Gasteiger partial charge in [-0.1, -0.05) is 11.6 Å². The molecule has 92 valence electrons. The SMILES string of the molecule is O=C(Nc1cncc(Cl)n1)c1ccc(Br)c(O)c1. The highest BCUT2D eigenvalue weighted by molar-refractivity contribution is 9.10. The molecule has 18 heavy (non-hydrogen) atoms. The second kappa shape index (κ2) is 5.32. The molecule has 0 bridgehead atoms. The number of phenolic OH excluding ortho intramolecular Hbond substituents is 1. The lowest BCUT2D eigenvalue weighted by Gasteiger charge is -2.05. The summed E-state index contributed by atoms with van der Waals surface area (Å²) in [6.07, 6.45) is 2.74. The lowest BCUT2D eigenvalue weighted by atomic mass is 10.2. The van der Waals surface area contributed by atoms with Crippen LogP contribution in [0.3, 0.4) is 0 Å². The Kier molecular flexibility index (Phi) is 3.78. The summed E-state index contributed by atoms with van der Waals surface area (Å²) in [4.78, 5) is 19.5. The quantitative estimate of drug-likeness (QED) is 0.889. The van der Waals surface area contributed by atoms with Crippen molar-refractivity contribution in [1.82, 2.24) is 9.97 Å². The first-order valence-corrected chi connectivity index (χ1v) is 6.01. The Labute approximate surface area is 116 Å². The third kappa shape index (κ3) is 2.96. The maximum Gasteiger partial charge on any atom is 0.256 e. The van der Waals surface area contributed by atoms with E-state index < -0.39 is 5.91 Å². The van der Waals surface area contributed by atoms with Gasteiger partial charge in [-0.3, -0.25) is 9.78 Å². The van der Waals surface area contributed by atoms with Crippen molar-refractivity contribution in [3.05, 3.63) is 45.8 Å². The van der Waals surface area contributed by atoms with Crippen LogP contribution < -0.4 is 5.32 Å². The van der Waals surface area contributed by atoms with Gasteiger partial charge in [-0.2, -0.15) is 0 Å². The third-order valence-corrected chi connectivity index (χ3v) is 2.91. The summed E-state index contributed by atoms with van der Waals surface area (Å²) in [6.45, 7) is 0. The van der Waals surface area contributed by atoms with Gasteiger partial charge in [0.1, 0.15) is 10.9 Å². The minimum Gasteiger partial charge on any atom is -0.507 e. The normalized spacial score (nSPS) is 10.1. The van der Waals surface area contributed by atoms with Crippen LogP contribution in [0.1, 0.15) is 10.4 Å². The van der Waals surface area contributed by atoms with E-state index in [1.165, 1.54) is 18.5 Å². The van der Waals surface area contributed by atoms with Gasteiger partial charge in [0.15, 0.2) is 5.82 Å². The van der Waals surface area contributed by atoms with E-state index in [4.69, 9.17) is 11.6 Å². The van der Waals surface area contributed by atoms with Crippen molar-refractivity contribution < 1.29 is 9.90 Å². The first-order valence-electron chi connectivity index (χ1n) is 4.83. The van der Waals surface area contributed by atoms with Crippen molar-refractivity contribution in [3.63, 3.8) is 0 Å². The van der Waals surface area contributed by atoms with Gasteiger partial charge in [0.25, 0.3) is 5.91 Å². The van der Waals surface area contributed by atoms with Crippen molar-refractivity contribution in [2.24, 2.45) is 0 Å². The van der Waals surface area contributed by atoms with E-state index in [0.717, 1.165) is 0 Å². The number of nitrogens with zero attached hydrogens (tertiary/aromatic N) is 2. The maximum atomic E-state index is 11.8. The van der Waals surface area contributed by atoms with E-state index in [9.17, 15) is 9.90 Å². The highest BCUT2D eigenvalue weighted by atomic mass is 79.9. The largest absolute Gasteiger partial charge is 0.507 e. The van der Waals surface area contributed by atoms with Crippen LogP contribution in [-0.2, 0) is 0 Å². The zero-order valence-corrected chi connectivity index (χ0v) is 11.2. The molecule has 1 amide bonds. The molecule has 0 atom stereocenters. The fourth-order valence-corrected chi connectivity index (χ4v) is 1.64. The Bertz CT molecular complexity index is 607. The summed E-state index contributed by atoms with van der Waals surface area (Å²) in [5.74, 6) is -0.177. The summed E-state index contributed by atoms with van der Waals surface area (Å²) >= 11 is 8.78. The van der Waals surface area contributed by atoms with E-state index in [-0.39, 0.29) is 16.7 Å². The number of hydrogen-bond donors (Lipinski definition) is 2. The summed E-state index contributed by atoms with van der Waals surface area (Å²) in [5.41, 5.74) is 0.303. The lowest BCUT2D eigenvalue weighted by Crippen LogP contribution is -2.13. The Morgan fingerprint density at radius 3 is 2.83 bits per heavy atom. The maximum absolute atomic E-state index is 11.8. The number of aromatic hydroxyl groups is 1. The molecule has 2 N–H and O–H groups in total. The number of carbonyl (C=O) groups is 1. The van der Waals surface area contributed by atoms with Gasteiger partial charge in [0.05, 0.1) is 16.9 Å². The number of halogens is 2. The number of phenols is 1. The van der Waals surface area contributed by atoms with Crippen LogP contribution in [0, 0.1) is 0 Å². The first-order chi connectivity index (χ1) is 8.56. The molecule has 0 unspecified atom stereocenters. The molecule has 0 saturated heterocycles. The van der Waals surface area contributed by atoms with E-state index in [0.29, 0.717) is 10.0 Å². The summed E-state index contributed by atoms with van der Waals surface area (Å²) < 4.78 is 0.515. The third-order valence-electron chi connectivity index (χ3n) is 2.06. The first kappa shape index (κ1) is 12.8. The summed E-state index contributed by atoms with van der Waals surface area (Å²) in [6, 6.07) is 4.49. The molecular formula is C11H7BrClN3O2. The van der Waals surface area contributed by atoms with Gasteiger partial charge in [0.2, 0.25) is 0 Å². The van der Waals surface area contributed by atoms with Gasteiger partial charge in [0, 0.05) is 5.56 Å². The van der Waals surface area contributed by atoms with Gasteiger partial charge >= 0.3 is 0 Å². The average Bonchev–Trinajstić information content (AvgIpc) is 2.32. The molecule has 0 aliphatic heterocycles. The Hall–Kier alpha value is -1.66. The van der Waals surface area contributed by atoms with Crippen molar-refractivity contribution in [3.8, 4) is 5.75 Å². The topological polar surface area (TPSA) is 75.1 Å². The number of nitrogens with one attached hydrogen (secondary N) is 1. The standard InChI is InChI=1S/C11H7BrClN3O2/c12-7-2-1-6(3-8(7)17)11(18)16-10-5-14-4-9(13)15-10/h1-5,17H,(H,15,16,18). The van der Waals surface area contributed by atoms with Crippen LogP contribution in [0.15, 0.2) is 35.1 Å². The van der Waals surface area contributed by atoms with Gasteiger partial charge in [-0.15, -0.1) is 0 Å². The van der Waals surface area contributed by atoms with Crippen molar-refractivity contribution >= 4 is 39.3 Å². The number of aromatic nitrogens is 2. The minimum absolute atomic E-state index is 0.0140. The molecule has 2 aromatic rings. The molecule has 2 rings (SSSR count). The van der Waals surface area contributed by atoms with Crippen LogP contribution in [0.25, 0.3) is 0 Å². The molecule has 0 saturated carbocycles. The monoisotopic (exact) mass is 327 g/mol. The molecule has 5 nitrogen and oxygen atoms in total. The van der Waals surface area contributed by atoms with Gasteiger partial charge < -0.3 is 10.4 Å². The van der Waals surface area contributed by atoms with Crippen molar-refractivity contribution in [1.29, 1.82) is 0 Å². The number of amides is 1. The minimum atomic E-state index is -0.408.